The molecule has 1 aliphatic heterocycles. The first-order chi connectivity index (χ1) is 20.5. The summed E-state index contributed by atoms with van der Waals surface area (Å²) >= 11 is 0. The Labute approximate surface area is 250 Å². The summed E-state index contributed by atoms with van der Waals surface area (Å²) < 4.78 is 43.3. The van der Waals surface area contributed by atoms with Crippen molar-refractivity contribution in [2.45, 2.75) is 32.6 Å². The highest BCUT2D eigenvalue weighted by Gasteiger charge is 2.25. The van der Waals surface area contributed by atoms with Crippen LogP contribution in [0.15, 0.2) is 106 Å². The van der Waals surface area contributed by atoms with Crippen LogP contribution in [0, 0.1) is 27.7 Å². The van der Waals surface area contributed by atoms with E-state index in [9.17, 15) is 13.0 Å². The van der Waals surface area contributed by atoms with E-state index >= 15 is 0 Å². The standard InChI is InChI=1S/C35H31N3O4S/c1-21-9-7-10-22(2)34(21)37-25-15-17-27-30(19-25)42-31-20-26(38(36)35-23(3)11-8-12-24(35)4)16-18-28(31)33(27)29-13-5-6-14-32(29)43(39,40)41/h5-20H,36H2,1-4H3,(H,39,40,41)/p+1. The summed E-state index contributed by atoms with van der Waals surface area (Å²) in [5.74, 6) is 7.17. The van der Waals surface area contributed by atoms with E-state index in [1.54, 1.807) is 22.9 Å². The minimum atomic E-state index is -4.52. The van der Waals surface area contributed by atoms with Gasteiger partial charge in [-0.1, -0.05) is 59.3 Å². The van der Waals surface area contributed by atoms with Crippen molar-refractivity contribution in [2.24, 2.45) is 5.84 Å². The molecule has 43 heavy (non-hydrogen) atoms. The van der Waals surface area contributed by atoms with E-state index in [0.717, 1.165) is 39.3 Å². The van der Waals surface area contributed by atoms with Crippen LogP contribution in [0.3, 0.4) is 0 Å². The maximum Gasteiger partial charge on any atom is 0.295 e. The number of nitrogens with zero attached hydrogens (tertiary/aromatic N) is 1. The average molecular weight is 591 g/mol. The second-order valence-corrected chi connectivity index (χ2v) is 12.2. The summed E-state index contributed by atoms with van der Waals surface area (Å²) in [6, 6.07) is 29.9. The van der Waals surface area contributed by atoms with Gasteiger partial charge in [0.25, 0.3) is 10.1 Å². The molecule has 0 saturated heterocycles. The van der Waals surface area contributed by atoms with Gasteiger partial charge in [0.05, 0.1) is 6.07 Å². The number of hydrogen-bond donors (Lipinski definition) is 3. The van der Waals surface area contributed by atoms with Gasteiger partial charge in [-0.25, -0.2) is 5.84 Å². The number of nitrogens with two attached hydrogens (primary N) is 1. The molecule has 1 heterocycles. The summed E-state index contributed by atoms with van der Waals surface area (Å²) in [6.07, 6.45) is 0. The van der Waals surface area contributed by atoms with Gasteiger partial charge in [-0.3, -0.25) is 4.55 Å². The molecule has 0 aromatic heterocycles. The fourth-order valence-electron chi connectivity index (χ4n) is 5.77. The minimum Gasteiger partial charge on any atom is -0.456 e. The van der Waals surface area contributed by atoms with Crippen molar-refractivity contribution in [3.63, 3.8) is 0 Å². The molecule has 0 atom stereocenters. The average Bonchev–Trinajstić information content (AvgIpc) is 2.97. The van der Waals surface area contributed by atoms with E-state index in [4.69, 9.17) is 10.3 Å². The Morgan fingerprint density at radius 3 is 2.07 bits per heavy atom. The number of hydrogen-bond acceptors (Lipinski definition) is 5. The Morgan fingerprint density at radius 1 is 0.744 bits per heavy atom. The summed E-state index contributed by atoms with van der Waals surface area (Å²) in [7, 11) is -4.52. The van der Waals surface area contributed by atoms with E-state index < -0.39 is 10.1 Å². The lowest BCUT2D eigenvalue weighted by Crippen LogP contribution is -2.32. The molecule has 216 valence electrons. The van der Waals surface area contributed by atoms with Crippen molar-refractivity contribution in [3.8, 4) is 22.5 Å². The van der Waals surface area contributed by atoms with Gasteiger partial charge in [0.2, 0.25) is 11.0 Å². The van der Waals surface area contributed by atoms with Crippen molar-refractivity contribution in [2.75, 3.05) is 5.32 Å². The SMILES string of the molecule is Cc1cccc(C)c1Nc1ccc2c(-c3ccccc3S(=O)(=O)O)c3cc/c(=[N+](\N)c4c(C)cccc4C)cc-3oc2c1. The first kappa shape index (κ1) is 28.2. The molecule has 0 bridgehead atoms. The lowest BCUT2D eigenvalue weighted by molar-refractivity contribution is 0.483. The first-order valence-electron chi connectivity index (χ1n) is 13.9. The number of aryl methyl sites for hydroxylation is 4. The van der Waals surface area contributed by atoms with E-state index in [1.165, 1.54) is 6.07 Å². The Kier molecular flexibility index (Phi) is 7.04. The lowest BCUT2D eigenvalue weighted by Gasteiger charge is -2.18. The van der Waals surface area contributed by atoms with Gasteiger partial charge in [-0.15, -0.1) is 0 Å². The third-order valence-corrected chi connectivity index (χ3v) is 8.76. The fraction of sp³-hybridized carbons (Fsp3) is 0.114. The van der Waals surface area contributed by atoms with Crippen molar-refractivity contribution in [1.29, 1.82) is 0 Å². The van der Waals surface area contributed by atoms with Crippen LogP contribution in [-0.4, -0.2) is 13.0 Å². The zero-order valence-electron chi connectivity index (χ0n) is 24.3. The largest absolute Gasteiger partial charge is 0.456 e. The predicted octanol–water partition coefficient (Wildman–Crippen LogP) is 7.41. The lowest BCUT2D eigenvalue weighted by atomic mass is 9.93. The quantitative estimate of drug-likeness (QED) is 0.0635. The molecule has 2 aliphatic rings. The third-order valence-electron chi connectivity index (χ3n) is 7.85. The van der Waals surface area contributed by atoms with Gasteiger partial charge < -0.3 is 9.73 Å². The molecule has 0 saturated carbocycles. The zero-order valence-corrected chi connectivity index (χ0v) is 25.2. The topological polar surface area (TPSA) is 109 Å². The molecule has 0 radical (unpaired) electrons. The van der Waals surface area contributed by atoms with Crippen LogP contribution in [0.5, 0.6) is 0 Å². The molecule has 7 nitrogen and oxygen atoms in total. The number of hydrazine groups is 1. The van der Waals surface area contributed by atoms with Crippen LogP contribution < -0.4 is 21.2 Å². The van der Waals surface area contributed by atoms with Crippen LogP contribution >= 0.6 is 0 Å². The minimum absolute atomic E-state index is 0.179. The van der Waals surface area contributed by atoms with E-state index in [-0.39, 0.29) is 4.90 Å². The molecule has 4 aromatic carbocycles. The number of rotatable bonds is 5. The van der Waals surface area contributed by atoms with Gasteiger partial charge in [-0.05, 0) is 63.1 Å². The van der Waals surface area contributed by atoms with Gasteiger partial charge >= 0.3 is 0 Å². The zero-order chi connectivity index (χ0) is 30.5. The van der Waals surface area contributed by atoms with Crippen LogP contribution in [0.4, 0.5) is 17.1 Å². The molecule has 8 heteroatoms. The van der Waals surface area contributed by atoms with Gasteiger partial charge in [0, 0.05) is 56.7 Å². The van der Waals surface area contributed by atoms with Crippen LogP contribution in [0.1, 0.15) is 22.3 Å². The predicted molar refractivity (Wildman–Crippen MR) is 172 cm³/mol. The molecule has 6 rings (SSSR count). The van der Waals surface area contributed by atoms with Crippen LogP contribution in [0.2, 0.25) is 0 Å². The summed E-state index contributed by atoms with van der Waals surface area (Å²) in [5, 5.41) is 4.91. The smallest absolute Gasteiger partial charge is 0.295 e. The number of fused-ring (bicyclic) bond motifs is 2. The van der Waals surface area contributed by atoms with Crippen LogP contribution in [-0.2, 0) is 10.1 Å². The van der Waals surface area contributed by atoms with E-state index in [1.807, 2.05) is 74.5 Å². The maximum atomic E-state index is 12.5. The Morgan fingerprint density at radius 2 is 1.40 bits per heavy atom. The number of para-hydroxylation sites is 2. The van der Waals surface area contributed by atoms with Crippen molar-refractivity contribution in [1.82, 2.24) is 4.68 Å². The van der Waals surface area contributed by atoms with Crippen LogP contribution in [0.25, 0.3) is 33.4 Å². The number of nitrogens with one attached hydrogen (secondary N) is 1. The molecule has 4 aromatic rings. The Hall–Kier alpha value is -4.92. The normalized spacial score (nSPS) is 12.5. The molecular formula is C35H32N3O4S+. The molecule has 0 fully saturated rings. The van der Waals surface area contributed by atoms with Gasteiger partial charge in [0.15, 0.2) is 0 Å². The molecule has 0 amide bonds. The molecule has 0 unspecified atom stereocenters. The highest BCUT2D eigenvalue weighted by Crippen LogP contribution is 2.43. The van der Waals surface area contributed by atoms with Crippen molar-refractivity contribution in [3.05, 3.63) is 125 Å². The molecule has 4 N–H and O–H groups in total. The van der Waals surface area contributed by atoms with Crippen molar-refractivity contribution < 1.29 is 17.4 Å². The second-order valence-electron chi connectivity index (χ2n) is 10.8. The maximum absolute atomic E-state index is 12.5. The summed E-state index contributed by atoms with van der Waals surface area (Å²) in [6.45, 7) is 8.12. The monoisotopic (exact) mass is 590 g/mol. The molecular weight excluding hydrogens is 558 g/mol. The second kappa shape index (κ2) is 10.7. The first-order valence-corrected chi connectivity index (χ1v) is 15.3. The Balaban J connectivity index is 1.66. The van der Waals surface area contributed by atoms with Crippen molar-refractivity contribution >= 4 is 38.1 Å². The highest BCUT2D eigenvalue weighted by molar-refractivity contribution is 7.86. The molecule has 0 spiro atoms. The highest BCUT2D eigenvalue weighted by atomic mass is 32.2. The molecule has 1 aliphatic carbocycles. The summed E-state index contributed by atoms with van der Waals surface area (Å²) in [4.78, 5) is -0.179. The van der Waals surface area contributed by atoms with Gasteiger partial charge in [-0.2, -0.15) is 8.42 Å². The van der Waals surface area contributed by atoms with E-state index in [0.29, 0.717) is 38.8 Å². The van der Waals surface area contributed by atoms with Gasteiger partial charge in [0.1, 0.15) is 16.2 Å². The third kappa shape index (κ3) is 5.16. The fourth-order valence-corrected chi connectivity index (χ4v) is 6.46. The Bertz CT molecular complexity index is 2160. The number of benzene rings is 5. The summed E-state index contributed by atoms with van der Waals surface area (Å²) in [5.41, 5.74) is 9.21. The van der Waals surface area contributed by atoms with E-state index in [2.05, 4.69) is 31.3 Å². The number of anilines is 2.